The SMILES string of the molecule is CCCCOC(=O)c1ccc(NC(=O)NC2CC(=O)N(c3cccc(OC)c3)C2)cc1. The van der Waals surface area contributed by atoms with Gasteiger partial charge in [-0.15, -0.1) is 0 Å². The van der Waals surface area contributed by atoms with Crippen LogP contribution in [0.2, 0.25) is 0 Å². The molecule has 2 N–H and O–H groups in total. The van der Waals surface area contributed by atoms with Crippen LogP contribution in [-0.2, 0) is 9.53 Å². The molecule has 1 saturated heterocycles. The Morgan fingerprint density at radius 2 is 1.94 bits per heavy atom. The van der Waals surface area contributed by atoms with Gasteiger partial charge in [0, 0.05) is 30.4 Å². The number of nitrogens with one attached hydrogen (secondary N) is 2. The lowest BCUT2D eigenvalue weighted by molar-refractivity contribution is -0.117. The van der Waals surface area contributed by atoms with Crippen LogP contribution in [0.1, 0.15) is 36.5 Å². The largest absolute Gasteiger partial charge is 0.497 e. The van der Waals surface area contributed by atoms with Gasteiger partial charge in [0.1, 0.15) is 5.75 Å². The number of amides is 3. The molecule has 1 heterocycles. The highest BCUT2D eigenvalue weighted by Crippen LogP contribution is 2.25. The molecule has 3 amide bonds. The van der Waals surface area contributed by atoms with Crippen molar-refractivity contribution in [1.82, 2.24) is 5.32 Å². The van der Waals surface area contributed by atoms with E-state index in [-0.39, 0.29) is 24.3 Å². The highest BCUT2D eigenvalue weighted by molar-refractivity contribution is 5.98. The van der Waals surface area contributed by atoms with Crippen LogP contribution >= 0.6 is 0 Å². The van der Waals surface area contributed by atoms with Crippen LogP contribution in [0.5, 0.6) is 5.75 Å². The van der Waals surface area contributed by atoms with E-state index in [0.29, 0.717) is 30.2 Å². The van der Waals surface area contributed by atoms with Crippen LogP contribution in [0.3, 0.4) is 0 Å². The van der Waals surface area contributed by atoms with Gasteiger partial charge < -0.3 is 25.0 Å². The molecule has 8 heteroatoms. The first-order valence-corrected chi connectivity index (χ1v) is 10.3. The highest BCUT2D eigenvalue weighted by atomic mass is 16.5. The zero-order valence-electron chi connectivity index (χ0n) is 17.7. The first-order valence-electron chi connectivity index (χ1n) is 10.3. The molecule has 8 nitrogen and oxygen atoms in total. The van der Waals surface area contributed by atoms with Crippen molar-refractivity contribution in [3.63, 3.8) is 0 Å². The van der Waals surface area contributed by atoms with E-state index in [4.69, 9.17) is 9.47 Å². The van der Waals surface area contributed by atoms with Crippen molar-refractivity contribution < 1.29 is 23.9 Å². The van der Waals surface area contributed by atoms with Crippen LogP contribution in [0.15, 0.2) is 48.5 Å². The number of hydrogen-bond donors (Lipinski definition) is 2. The number of hydrogen-bond acceptors (Lipinski definition) is 5. The molecule has 0 radical (unpaired) electrons. The van der Waals surface area contributed by atoms with E-state index in [1.807, 2.05) is 25.1 Å². The molecular formula is C23H27N3O5. The van der Waals surface area contributed by atoms with Crippen LogP contribution in [0.25, 0.3) is 0 Å². The Bertz CT molecular complexity index is 929. The lowest BCUT2D eigenvalue weighted by Crippen LogP contribution is -2.39. The number of benzene rings is 2. The Balaban J connectivity index is 1.51. The van der Waals surface area contributed by atoms with Gasteiger partial charge in [-0.1, -0.05) is 19.4 Å². The Morgan fingerprint density at radius 1 is 1.16 bits per heavy atom. The summed E-state index contributed by atoms with van der Waals surface area (Å²) < 4.78 is 10.4. The zero-order chi connectivity index (χ0) is 22.2. The molecule has 3 rings (SSSR count). The van der Waals surface area contributed by atoms with E-state index < -0.39 is 6.03 Å². The fourth-order valence-electron chi connectivity index (χ4n) is 3.27. The third-order valence-electron chi connectivity index (χ3n) is 4.93. The molecule has 1 atom stereocenters. The second-order valence-electron chi connectivity index (χ2n) is 7.27. The van der Waals surface area contributed by atoms with Gasteiger partial charge in [0.15, 0.2) is 0 Å². The molecule has 2 aromatic carbocycles. The summed E-state index contributed by atoms with van der Waals surface area (Å²) in [6.07, 6.45) is 1.99. The van der Waals surface area contributed by atoms with E-state index in [2.05, 4.69) is 10.6 Å². The third-order valence-corrected chi connectivity index (χ3v) is 4.93. The number of anilines is 2. The maximum Gasteiger partial charge on any atom is 0.338 e. The minimum Gasteiger partial charge on any atom is -0.497 e. The van der Waals surface area contributed by atoms with Gasteiger partial charge in [-0.2, -0.15) is 0 Å². The minimum absolute atomic E-state index is 0.0653. The van der Waals surface area contributed by atoms with E-state index in [9.17, 15) is 14.4 Å². The standard InChI is InChI=1S/C23H27N3O5/c1-3-4-12-31-22(28)16-8-10-17(11-9-16)24-23(29)25-18-13-21(27)26(15-18)19-6-5-7-20(14-19)30-2/h5-11,14,18H,3-4,12-13,15H2,1-2H3,(H2,24,25,29). The van der Waals surface area contributed by atoms with Gasteiger partial charge in [-0.25, -0.2) is 9.59 Å². The van der Waals surface area contributed by atoms with E-state index in [0.717, 1.165) is 18.5 Å². The molecule has 0 spiro atoms. The molecule has 0 aliphatic carbocycles. The number of unbranched alkanes of at least 4 members (excludes halogenated alkanes) is 1. The summed E-state index contributed by atoms with van der Waals surface area (Å²) in [7, 11) is 1.57. The fourth-order valence-corrected chi connectivity index (χ4v) is 3.27. The summed E-state index contributed by atoms with van der Waals surface area (Å²) in [5.41, 5.74) is 1.70. The fraction of sp³-hybridized carbons (Fsp3) is 0.348. The van der Waals surface area contributed by atoms with Crippen molar-refractivity contribution in [3.8, 4) is 5.75 Å². The molecular weight excluding hydrogens is 398 g/mol. The smallest absolute Gasteiger partial charge is 0.338 e. The van der Waals surface area contributed by atoms with Crippen LogP contribution in [-0.4, -0.2) is 44.2 Å². The summed E-state index contributed by atoms with van der Waals surface area (Å²) in [6.45, 7) is 2.80. The predicted octanol–water partition coefficient (Wildman–Crippen LogP) is 3.58. The highest BCUT2D eigenvalue weighted by Gasteiger charge is 2.31. The van der Waals surface area contributed by atoms with E-state index in [1.54, 1.807) is 42.3 Å². The van der Waals surface area contributed by atoms with Gasteiger partial charge >= 0.3 is 12.0 Å². The van der Waals surface area contributed by atoms with Gasteiger partial charge in [0.25, 0.3) is 0 Å². The number of carbonyl (C=O) groups excluding carboxylic acids is 3. The van der Waals surface area contributed by atoms with Crippen molar-refractivity contribution in [2.24, 2.45) is 0 Å². The number of nitrogens with zero attached hydrogens (tertiary/aromatic N) is 1. The lowest BCUT2D eigenvalue weighted by atomic mass is 10.2. The number of ether oxygens (including phenoxy) is 2. The maximum atomic E-state index is 12.4. The molecule has 1 unspecified atom stereocenters. The summed E-state index contributed by atoms with van der Waals surface area (Å²) in [4.78, 5) is 38.3. The minimum atomic E-state index is -0.413. The van der Waals surface area contributed by atoms with Crippen molar-refractivity contribution in [2.75, 3.05) is 30.5 Å². The summed E-state index contributed by atoms with van der Waals surface area (Å²) in [6, 6.07) is 13.0. The Hall–Kier alpha value is -3.55. The van der Waals surface area contributed by atoms with Crippen molar-refractivity contribution in [1.29, 1.82) is 0 Å². The normalized spacial score (nSPS) is 15.5. The number of rotatable bonds is 8. The Morgan fingerprint density at radius 3 is 2.65 bits per heavy atom. The van der Waals surface area contributed by atoms with Crippen molar-refractivity contribution in [3.05, 3.63) is 54.1 Å². The topological polar surface area (TPSA) is 97.0 Å². The lowest BCUT2D eigenvalue weighted by Gasteiger charge is -2.18. The average Bonchev–Trinajstić information content (AvgIpc) is 3.14. The van der Waals surface area contributed by atoms with Crippen LogP contribution < -0.4 is 20.3 Å². The molecule has 31 heavy (non-hydrogen) atoms. The van der Waals surface area contributed by atoms with Crippen molar-refractivity contribution in [2.45, 2.75) is 32.2 Å². The monoisotopic (exact) mass is 425 g/mol. The van der Waals surface area contributed by atoms with Crippen molar-refractivity contribution >= 4 is 29.3 Å². The molecule has 1 aliphatic rings. The second-order valence-corrected chi connectivity index (χ2v) is 7.27. The summed E-state index contributed by atoms with van der Waals surface area (Å²) in [5, 5.41) is 5.55. The number of carbonyl (C=O) groups is 3. The number of methoxy groups -OCH3 is 1. The molecule has 0 aromatic heterocycles. The Kier molecular flexibility index (Phi) is 7.48. The molecule has 1 fully saturated rings. The first kappa shape index (κ1) is 22.1. The zero-order valence-corrected chi connectivity index (χ0v) is 17.7. The quantitative estimate of drug-likeness (QED) is 0.498. The number of urea groups is 1. The predicted molar refractivity (Wildman–Crippen MR) is 118 cm³/mol. The van der Waals surface area contributed by atoms with Gasteiger partial charge in [0.05, 0.1) is 25.3 Å². The number of esters is 1. The molecule has 164 valence electrons. The average molecular weight is 425 g/mol. The molecule has 1 aliphatic heterocycles. The Labute approximate surface area is 181 Å². The van der Waals surface area contributed by atoms with Gasteiger partial charge in [0.2, 0.25) is 5.91 Å². The maximum absolute atomic E-state index is 12.4. The molecule has 0 saturated carbocycles. The van der Waals surface area contributed by atoms with E-state index in [1.165, 1.54) is 0 Å². The molecule has 2 aromatic rings. The summed E-state index contributed by atoms with van der Waals surface area (Å²) >= 11 is 0. The van der Waals surface area contributed by atoms with Gasteiger partial charge in [-0.3, -0.25) is 4.79 Å². The van der Waals surface area contributed by atoms with Crippen LogP contribution in [0, 0.1) is 0 Å². The second kappa shape index (κ2) is 10.5. The van der Waals surface area contributed by atoms with Crippen LogP contribution in [0.4, 0.5) is 16.2 Å². The summed E-state index contributed by atoms with van der Waals surface area (Å²) in [5.74, 6) is 0.216. The third kappa shape index (κ3) is 5.97. The molecule has 0 bridgehead atoms. The first-order chi connectivity index (χ1) is 15.0. The van der Waals surface area contributed by atoms with E-state index >= 15 is 0 Å². The van der Waals surface area contributed by atoms with Gasteiger partial charge in [-0.05, 0) is 42.8 Å².